The molecule has 2 aromatic rings. The average Bonchev–Trinajstić information content (AvgIpc) is 2.95. The lowest BCUT2D eigenvalue weighted by Gasteiger charge is -2.18. The summed E-state index contributed by atoms with van der Waals surface area (Å²) in [5.41, 5.74) is 2.95. The van der Waals surface area contributed by atoms with E-state index >= 15 is 0 Å². The van der Waals surface area contributed by atoms with E-state index in [1.165, 1.54) is 0 Å². The number of aliphatic hydroxyl groups excluding tert-OH is 1. The molecule has 0 radical (unpaired) electrons. The Hall–Kier alpha value is -2.20. The van der Waals surface area contributed by atoms with Gasteiger partial charge in [-0.3, -0.25) is 0 Å². The van der Waals surface area contributed by atoms with E-state index < -0.39 is 0 Å². The smallest absolute Gasteiger partial charge is 0.231 e. The molecule has 0 bridgehead atoms. The average molecular weight is 271 g/mol. The zero-order valence-electron chi connectivity index (χ0n) is 11.3. The van der Waals surface area contributed by atoms with Gasteiger partial charge in [-0.1, -0.05) is 24.3 Å². The van der Waals surface area contributed by atoms with E-state index in [0.29, 0.717) is 0 Å². The summed E-state index contributed by atoms with van der Waals surface area (Å²) >= 11 is 0. The molecular formula is C16H17NO3. The van der Waals surface area contributed by atoms with E-state index in [1.54, 1.807) is 0 Å². The highest BCUT2D eigenvalue weighted by atomic mass is 16.7. The van der Waals surface area contributed by atoms with Crippen molar-refractivity contribution >= 4 is 5.69 Å². The van der Waals surface area contributed by atoms with Gasteiger partial charge in [0.1, 0.15) is 0 Å². The number of fused-ring (bicyclic) bond motifs is 1. The minimum Gasteiger partial charge on any atom is -0.454 e. The monoisotopic (exact) mass is 271 g/mol. The van der Waals surface area contributed by atoms with Gasteiger partial charge in [0.25, 0.3) is 0 Å². The molecule has 4 nitrogen and oxygen atoms in total. The van der Waals surface area contributed by atoms with Gasteiger partial charge in [-0.2, -0.15) is 0 Å². The maximum Gasteiger partial charge on any atom is 0.231 e. The van der Waals surface area contributed by atoms with Crippen LogP contribution in [0.1, 0.15) is 24.1 Å². The SMILES string of the molecule is CC(Nc1ccccc1CO)c1ccc2c(c1)OCO2. The summed E-state index contributed by atoms with van der Waals surface area (Å²) in [5.74, 6) is 1.57. The zero-order valence-corrected chi connectivity index (χ0v) is 11.3. The Morgan fingerprint density at radius 1 is 1.15 bits per heavy atom. The molecule has 1 heterocycles. The summed E-state index contributed by atoms with van der Waals surface area (Å²) < 4.78 is 10.7. The van der Waals surface area contributed by atoms with Crippen LogP contribution in [-0.4, -0.2) is 11.9 Å². The lowest BCUT2D eigenvalue weighted by Crippen LogP contribution is -2.08. The number of para-hydroxylation sites is 1. The van der Waals surface area contributed by atoms with Crippen LogP contribution in [-0.2, 0) is 6.61 Å². The second-order valence-electron chi connectivity index (χ2n) is 4.79. The highest BCUT2D eigenvalue weighted by Gasteiger charge is 2.16. The summed E-state index contributed by atoms with van der Waals surface area (Å²) in [7, 11) is 0. The topological polar surface area (TPSA) is 50.7 Å². The number of benzene rings is 2. The molecule has 1 unspecified atom stereocenters. The van der Waals surface area contributed by atoms with Crippen molar-refractivity contribution < 1.29 is 14.6 Å². The number of rotatable bonds is 4. The Morgan fingerprint density at radius 3 is 2.80 bits per heavy atom. The molecule has 3 rings (SSSR count). The molecule has 0 aromatic heterocycles. The molecule has 2 N–H and O–H groups in total. The minimum atomic E-state index is 0.0248. The molecule has 104 valence electrons. The molecule has 4 heteroatoms. The summed E-state index contributed by atoms with van der Waals surface area (Å²) in [6.07, 6.45) is 0. The molecule has 20 heavy (non-hydrogen) atoms. The van der Waals surface area contributed by atoms with E-state index in [2.05, 4.69) is 12.2 Å². The largest absolute Gasteiger partial charge is 0.454 e. The predicted octanol–water partition coefficient (Wildman–Crippen LogP) is 3.08. The van der Waals surface area contributed by atoms with Gasteiger partial charge in [-0.05, 0) is 30.7 Å². The van der Waals surface area contributed by atoms with Gasteiger partial charge >= 0.3 is 0 Å². The number of hydrogen-bond acceptors (Lipinski definition) is 4. The van der Waals surface area contributed by atoms with Gasteiger partial charge in [0.2, 0.25) is 6.79 Å². The third-order valence-electron chi connectivity index (χ3n) is 3.46. The summed E-state index contributed by atoms with van der Waals surface area (Å²) in [6.45, 7) is 2.39. The quantitative estimate of drug-likeness (QED) is 0.897. The third kappa shape index (κ3) is 2.42. The Bertz CT molecular complexity index is 612. The fourth-order valence-corrected chi connectivity index (χ4v) is 2.30. The predicted molar refractivity (Wildman–Crippen MR) is 77.0 cm³/mol. The summed E-state index contributed by atoms with van der Waals surface area (Å²) in [4.78, 5) is 0. The van der Waals surface area contributed by atoms with Crippen molar-refractivity contribution in [3.05, 3.63) is 53.6 Å². The van der Waals surface area contributed by atoms with Crippen LogP contribution in [0.15, 0.2) is 42.5 Å². The molecule has 0 aliphatic carbocycles. The lowest BCUT2D eigenvalue weighted by atomic mass is 10.1. The van der Waals surface area contributed by atoms with Gasteiger partial charge in [0.05, 0.1) is 6.61 Å². The van der Waals surface area contributed by atoms with Crippen LogP contribution in [0.25, 0.3) is 0 Å². The van der Waals surface area contributed by atoms with Crippen LogP contribution < -0.4 is 14.8 Å². The van der Waals surface area contributed by atoms with Gasteiger partial charge in [0, 0.05) is 17.3 Å². The van der Waals surface area contributed by atoms with Gasteiger partial charge in [0.15, 0.2) is 11.5 Å². The number of aliphatic hydroxyl groups is 1. The number of anilines is 1. The van der Waals surface area contributed by atoms with E-state index in [0.717, 1.165) is 28.3 Å². The molecule has 0 fully saturated rings. The van der Waals surface area contributed by atoms with Crippen LogP contribution in [0.4, 0.5) is 5.69 Å². The second kappa shape index (κ2) is 5.43. The first-order chi connectivity index (χ1) is 9.78. The summed E-state index contributed by atoms with van der Waals surface area (Å²) in [6, 6.07) is 13.8. The Balaban J connectivity index is 1.81. The standard InChI is InChI=1S/C16H17NO3/c1-11(17-14-5-3-2-4-13(14)9-18)12-6-7-15-16(8-12)20-10-19-15/h2-8,11,17-18H,9-10H2,1H3. The van der Waals surface area contributed by atoms with Crippen LogP contribution in [0, 0.1) is 0 Å². The molecule has 2 aromatic carbocycles. The number of hydrogen-bond donors (Lipinski definition) is 2. The van der Waals surface area contributed by atoms with Crippen molar-refractivity contribution in [2.24, 2.45) is 0 Å². The lowest BCUT2D eigenvalue weighted by molar-refractivity contribution is 0.174. The van der Waals surface area contributed by atoms with Gasteiger partial charge < -0.3 is 19.9 Å². The molecule has 1 aliphatic rings. The first kappa shape index (κ1) is 12.8. The van der Waals surface area contributed by atoms with Crippen LogP contribution >= 0.6 is 0 Å². The third-order valence-corrected chi connectivity index (χ3v) is 3.46. The molecule has 1 atom stereocenters. The normalized spacial score (nSPS) is 14.1. The van der Waals surface area contributed by atoms with Crippen molar-refractivity contribution in [3.63, 3.8) is 0 Å². The van der Waals surface area contributed by atoms with E-state index in [1.807, 2.05) is 42.5 Å². The first-order valence-corrected chi connectivity index (χ1v) is 6.63. The first-order valence-electron chi connectivity index (χ1n) is 6.63. The summed E-state index contributed by atoms with van der Waals surface area (Å²) in [5, 5.41) is 12.8. The maximum atomic E-state index is 9.35. The Kier molecular flexibility index (Phi) is 3.48. The van der Waals surface area contributed by atoms with Crippen LogP contribution in [0.5, 0.6) is 11.5 Å². The van der Waals surface area contributed by atoms with Crippen molar-refractivity contribution in [1.82, 2.24) is 0 Å². The van der Waals surface area contributed by atoms with Gasteiger partial charge in [-0.15, -0.1) is 0 Å². The number of nitrogens with one attached hydrogen (secondary N) is 1. The Labute approximate surface area is 118 Å². The van der Waals surface area contributed by atoms with Crippen LogP contribution in [0.2, 0.25) is 0 Å². The molecule has 0 spiro atoms. The maximum absolute atomic E-state index is 9.35. The fraction of sp³-hybridized carbons (Fsp3) is 0.250. The van der Waals surface area contributed by atoms with Crippen molar-refractivity contribution in [2.75, 3.05) is 12.1 Å². The fourth-order valence-electron chi connectivity index (χ4n) is 2.30. The molecule has 0 saturated carbocycles. The van der Waals surface area contributed by atoms with Crippen molar-refractivity contribution in [3.8, 4) is 11.5 Å². The van der Waals surface area contributed by atoms with E-state index in [4.69, 9.17) is 9.47 Å². The molecule has 0 amide bonds. The second-order valence-corrected chi connectivity index (χ2v) is 4.79. The van der Waals surface area contributed by atoms with Crippen molar-refractivity contribution in [2.45, 2.75) is 19.6 Å². The number of ether oxygens (including phenoxy) is 2. The molecule has 0 saturated heterocycles. The van der Waals surface area contributed by atoms with Gasteiger partial charge in [-0.25, -0.2) is 0 Å². The highest BCUT2D eigenvalue weighted by Crippen LogP contribution is 2.35. The zero-order chi connectivity index (χ0) is 13.9. The van der Waals surface area contributed by atoms with E-state index in [-0.39, 0.29) is 19.4 Å². The van der Waals surface area contributed by atoms with Crippen LogP contribution in [0.3, 0.4) is 0 Å². The highest BCUT2D eigenvalue weighted by molar-refractivity contribution is 5.53. The van der Waals surface area contributed by atoms with Crippen molar-refractivity contribution in [1.29, 1.82) is 0 Å². The minimum absolute atomic E-state index is 0.0248. The molecular weight excluding hydrogens is 254 g/mol. The van der Waals surface area contributed by atoms with E-state index in [9.17, 15) is 5.11 Å². The Morgan fingerprint density at radius 2 is 1.95 bits per heavy atom. The molecule has 1 aliphatic heterocycles.